The van der Waals surface area contributed by atoms with E-state index in [1.807, 2.05) is 38.1 Å². The van der Waals surface area contributed by atoms with Crippen molar-refractivity contribution in [2.75, 3.05) is 13.1 Å². The molecule has 2 aliphatic rings. The molecule has 3 atom stereocenters. The summed E-state index contributed by atoms with van der Waals surface area (Å²) >= 11 is 0. The fourth-order valence-corrected chi connectivity index (χ4v) is 5.22. The molecule has 0 unspecified atom stereocenters. The molecular weight excluding hydrogens is 542 g/mol. The minimum Gasteiger partial charge on any atom is -0.465 e. The Morgan fingerprint density at radius 2 is 1.78 bits per heavy atom. The number of amides is 2. The van der Waals surface area contributed by atoms with Gasteiger partial charge < -0.3 is 30.6 Å². The van der Waals surface area contributed by atoms with Gasteiger partial charge in [0.1, 0.15) is 23.4 Å². The van der Waals surface area contributed by atoms with Crippen LogP contribution >= 0.6 is 12.4 Å². The standard InChI is InChI=1S/C30H33N7O3.ClH/c1-19(2)26(36-30(39)40)29(38)37-16-6-10-25(37)28-33-18-24(35-28)21-13-11-20(12-14-21)7-3-4-8-22-17-32-27(34-22)23-9-5-15-31-23;/h11-14,17-19,23,25-26,31,36H,5-6,9-10,15-16H2,1-2H3,(H,32,34)(H,33,35)(H,39,40);1H/t23-,25-,26-;/m0./s1. The van der Waals surface area contributed by atoms with Crippen molar-refractivity contribution in [3.63, 3.8) is 0 Å². The maximum absolute atomic E-state index is 13.2. The number of aromatic amines is 2. The number of hydrogen-bond donors (Lipinski definition) is 5. The summed E-state index contributed by atoms with van der Waals surface area (Å²) in [4.78, 5) is 41.8. The van der Waals surface area contributed by atoms with Crippen molar-refractivity contribution in [2.24, 2.45) is 5.92 Å². The van der Waals surface area contributed by atoms with E-state index < -0.39 is 12.1 Å². The van der Waals surface area contributed by atoms with Crippen molar-refractivity contribution in [1.82, 2.24) is 35.5 Å². The second kappa shape index (κ2) is 13.4. The predicted octanol–water partition coefficient (Wildman–Crippen LogP) is 4.01. The molecule has 0 aliphatic carbocycles. The van der Waals surface area contributed by atoms with Gasteiger partial charge in [0.15, 0.2) is 0 Å². The Kier molecular flexibility index (Phi) is 9.72. The number of hydrogen-bond acceptors (Lipinski definition) is 5. The summed E-state index contributed by atoms with van der Waals surface area (Å²) in [5.41, 5.74) is 3.38. The van der Waals surface area contributed by atoms with Crippen molar-refractivity contribution >= 4 is 24.4 Å². The minimum atomic E-state index is -1.20. The highest BCUT2D eigenvalue weighted by atomic mass is 35.5. The van der Waals surface area contributed by atoms with Gasteiger partial charge in [-0.2, -0.15) is 0 Å². The zero-order valence-electron chi connectivity index (χ0n) is 23.0. The van der Waals surface area contributed by atoms with Crippen molar-refractivity contribution in [3.05, 3.63) is 59.6 Å². The molecule has 0 spiro atoms. The summed E-state index contributed by atoms with van der Waals surface area (Å²) in [5.74, 6) is 13.1. The van der Waals surface area contributed by atoms with E-state index in [2.05, 4.69) is 54.3 Å². The first-order chi connectivity index (χ1) is 19.4. The van der Waals surface area contributed by atoms with Gasteiger partial charge in [-0.25, -0.2) is 14.8 Å². The first-order valence-electron chi connectivity index (χ1n) is 13.6. The SMILES string of the molecule is CC(C)[C@H](NC(=O)O)C(=O)N1CCC[C@H]1c1ncc(-c2ccc(C#CC#Cc3cnc([C@@H]4CCCN4)[nH]3)cc2)[nH]1.Cl. The number of imidazole rings is 2. The van der Waals surface area contributed by atoms with Gasteiger partial charge >= 0.3 is 6.09 Å². The van der Waals surface area contributed by atoms with Crippen LogP contribution < -0.4 is 10.6 Å². The predicted molar refractivity (Wildman–Crippen MR) is 157 cm³/mol. The maximum Gasteiger partial charge on any atom is 0.405 e. The van der Waals surface area contributed by atoms with Crippen LogP contribution in [-0.2, 0) is 4.79 Å². The van der Waals surface area contributed by atoms with Crippen LogP contribution in [0.15, 0.2) is 36.7 Å². The van der Waals surface area contributed by atoms with Gasteiger partial charge in [-0.05, 0) is 73.6 Å². The van der Waals surface area contributed by atoms with Gasteiger partial charge in [0.25, 0.3) is 0 Å². The average molecular weight is 576 g/mol. The molecule has 2 amide bonds. The second-order valence-electron chi connectivity index (χ2n) is 10.5. The van der Waals surface area contributed by atoms with Gasteiger partial charge in [0.2, 0.25) is 5.91 Å². The number of carbonyl (C=O) groups excluding carboxylic acids is 1. The molecule has 5 rings (SSSR count). The second-order valence-corrected chi connectivity index (χ2v) is 10.5. The van der Waals surface area contributed by atoms with E-state index in [0.717, 1.165) is 60.6 Å². The number of carbonyl (C=O) groups is 2. The fraction of sp³-hybridized carbons (Fsp3) is 0.400. The lowest BCUT2D eigenvalue weighted by atomic mass is 10.0. The summed E-state index contributed by atoms with van der Waals surface area (Å²) in [6, 6.07) is 7.06. The molecule has 2 saturated heterocycles. The Morgan fingerprint density at radius 1 is 1.02 bits per heavy atom. The first-order valence-corrected chi connectivity index (χ1v) is 13.6. The quantitative estimate of drug-likeness (QED) is 0.282. The molecule has 4 heterocycles. The number of aromatic nitrogens is 4. The topological polar surface area (TPSA) is 139 Å². The smallest absolute Gasteiger partial charge is 0.405 e. The van der Waals surface area contributed by atoms with Gasteiger partial charge in [0, 0.05) is 12.1 Å². The van der Waals surface area contributed by atoms with E-state index >= 15 is 0 Å². The number of rotatable bonds is 6. The Balaban J connectivity index is 0.00000387. The van der Waals surface area contributed by atoms with Crippen LogP contribution in [0.4, 0.5) is 4.79 Å². The lowest BCUT2D eigenvalue weighted by molar-refractivity contribution is -0.135. The summed E-state index contributed by atoms with van der Waals surface area (Å²) in [7, 11) is 0. The van der Waals surface area contributed by atoms with E-state index in [1.165, 1.54) is 0 Å². The number of likely N-dealkylation sites (tertiary alicyclic amines) is 1. The fourth-order valence-electron chi connectivity index (χ4n) is 5.22. The molecule has 0 bridgehead atoms. The van der Waals surface area contributed by atoms with E-state index in [4.69, 9.17) is 0 Å². The number of nitrogens with zero attached hydrogens (tertiary/aromatic N) is 3. The van der Waals surface area contributed by atoms with Crippen LogP contribution in [0.3, 0.4) is 0 Å². The molecule has 5 N–H and O–H groups in total. The zero-order valence-corrected chi connectivity index (χ0v) is 23.8. The largest absolute Gasteiger partial charge is 0.465 e. The average Bonchev–Trinajstić information content (AvgIpc) is 3.75. The Hall–Kier alpha value is -4.25. The molecule has 11 heteroatoms. The van der Waals surface area contributed by atoms with E-state index in [9.17, 15) is 14.7 Å². The summed E-state index contributed by atoms with van der Waals surface area (Å²) in [6.07, 6.45) is 6.15. The summed E-state index contributed by atoms with van der Waals surface area (Å²) in [6.45, 7) is 5.25. The molecule has 10 nitrogen and oxygen atoms in total. The molecule has 1 aromatic carbocycles. The van der Waals surface area contributed by atoms with Crippen molar-refractivity contribution in [1.29, 1.82) is 0 Å². The van der Waals surface area contributed by atoms with E-state index in [0.29, 0.717) is 12.4 Å². The lowest BCUT2D eigenvalue weighted by Gasteiger charge is -2.29. The molecular formula is C30H34ClN7O3. The minimum absolute atomic E-state index is 0. The van der Waals surface area contributed by atoms with Crippen molar-refractivity contribution in [3.8, 4) is 34.9 Å². The molecule has 0 saturated carbocycles. The number of benzene rings is 1. The molecule has 2 aromatic heterocycles. The normalized spacial score (nSPS) is 18.6. The van der Waals surface area contributed by atoms with E-state index in [1.54, 1.807) is 17.3 Å². The third kappa shape index (κ3) is 7.10. The van der Waals surface area contributed by atoms with Crippen LogP contribution in [0.25, 0.3) is 11.3 Å². The highest BCUT2D eigenvalue weighted by Crippen LogP contribution is 2.32. The third-order valence-corrected chi connectivity index (χ3v) is 7.31. The van der Waals surface area contributed by atoms with Gasteiger partial charge in [-0.1, -0.05) is 31.9 Å². The third-order valence-electron chi connectivity index (χ3n) is 7.31. The molecule has 2 aliphatic heterocycles. The van der Waals surface area contributed by atoms with Crippen LogP contribution in [0.2, 0.25) is 0 Å². The Bertz CT molecular complexity index is 1480. The highest BCUT2D eigenvalue weighted by Gasteiger charge is 2.37. The van der Waals surface area contributed by atoms with Crippen LogP contribution in [0.1, 0.15) is 74.5 Å². The maximum atomic E-state index is 13.2. The lowest BCUT2D eigenvalue weighted by Crippen LogP contribution is -2.50. The van der Waals surface area contributed by atoms with Crippen molar-refractivity contribution < 1.29 is 14.7 Å². The van der Waals surface area contributed by atoms with Crippen LogP contribution in [0.5, 0.6) is 0 Å². The number of carboxylic acid groups (broad SMARTS) is 1. The Labute approximate surface area is 245 Å². The van der Waals surface area contributed by atoms with Gasteiger partial charge in [0.05, 0.1) is 30.2 Å². The molecule has 214 valence electrons. The number of halogens is 1. The highest BCUT2D eigenvalue weighted by molar-refractivity contribution is 5.86. The number of H-pyrrole nitrogens is 2. The molecule has 3 aromatic rings. The summed E-state index contributed by atoms with van der Waals surface area (Å²) in [5, 5.41) is 15.0. The van der Waals surface area contributed by atoms with Crippen LogP contribution in [0, 0.1) is 29.6 Å². The molecule has 0 radical (unpaired) electrons. The monoisotopic (exact) mass is 575 g/mol. The van der Waals surface area contributed by atoms with Crippen molar-refractivity contribution in [2.45, 2.75) is 57.7 Å². The zero-order chi connectivity index (χ0) is 28.1. The van der Waals surface area contributed by atoms with Gasteiger partial charge in [-0.15, -0.1) is 12.4 Å². The number of nitrogens with one attached hydrogen (secondary N) is 4. The summed E-state index contributed by atoms with van der Waals surface area (Å²) < 4.78 is 0. The Morgan fingerprint density at radius 3 is 2.49 bits per heavy atom. The van der Waals surface area contributed by atoms with Crippen LogP contribution in [-0.4, -0.2) is 61.1 Å². The first kappa shape index (κ1) is 29.7. The van der Waals surface area contributed by atoms with E-state index in [-0.39, 0.29) is 36.3 Å². The van der Waals surface area contributed by atoms with Gasteiger partial charge in [-0.3, -0.25) is 4.79 Å². The molecule has 41 heavy (non-hydrogen) atoms. The molecule has 2 fully saturated rings.